The first-order valence-electron chi connectivity index (χ1n) is 24.5. The molecule has 5 aliphatic carbocycles. The van der Waals surface area contributed by atoms with Crippen LogP contribution in [0.5, 0.6) is 0 Å². The highest BCUT2D eigenvalue weighted by molar-refractivity contribution is 6.14. The molecule has 4 bridgehead atoms. The van der Waals surface area contributed by atoms with Crippen molar-refractivity contribution in [3.63, 3.8) is 0 Å². The summed E-state index contributed by atoms with van der Waals surface area (Å²) < 4.78 is 11.4. The van der Waals surface area contributed by atoms with Crippen LogP contribution in [0.2, 0.25) is 0 Å². The maximum atomic E-state index is 6.38. The van der Waals surface area contributed by atoms with E-state index in [0.29, 0.717) is 0 Å². The number of para-hydroxylation sites is 2. The van der Waals surface area contributed by atoms with E-state index in [9.17, 15) is 0 Å². The van der Waals surface area contributed by atoms with Gasteiger partial charge in [-0.25, -0.2) is 0 Å². The van der Waals surface area contributed by atoms with Crippen molar-refractivity contribution in [1.29, 1.82) is 0 Å². The number of furan rings is 1. The van der Waals surface area contributed by atoms with Gasteiger partial charge in [0.05, 0.1) is 22.1 Å². The van der Waals surface area contributed by atoms with Gasteiger partial charge < -0.3 is 13.6 Å². The zero-order valence-electron chi connectivity index (χ0n) is 37.1. The first-order chi connectivity index (χ1) is 33.2. The molecule has 0 N–H and O–H groups in total. The van der Waals surface area contributed by atoms with Gasteiger partial charge in [0.2, 0.25) is 0 Å². The molecule has 318 valence electrons. The van der Waals surface area contributed by atoms with E-state index in [4.69, 9.17) is 4.42 Å². The van der Waals surface area contributed by atoms with Gasteiger partial charge in [0.25, 0.3) is 0 Å². The predicted octanol–water partition coefficient (Wildman–Crippen LogP) is 16.8. The number of aromatic nitrogens is 2. The van der Waals surface area contributed by atoms with Gasteiger partial charge in [0.1, 0.15) is 11.2 Å². The van der Waals surface area contributed by atoms with Gasteiger partial charge >= 0.3 is 0 Å². The number of fused-ring (bicyclic) bond motifs is 12. The van der Waals surface area contributed by atoms with Gasteiger partial charge in [0, 0.05) is 55.2 Å². The highest BCUT2D eigenvalue weighted by atomic mass is 16.3. The second-order valence-electron chi connectivity index (χ2n) is 20.5. The van der Waals surface area contributed by atoms with E-state index in [1.807, 2.05) is 6.07 Å². The SMILES string of the molecule is c1ccc(-c2ccc3c(c2)c2cc(-c4ccc5c(c4)c4ccccc4n5-c4ccc5c(c4)oc4ccccc45)ccc2n3-c2ccc3c(c2)C2(c4ccccc4-3)C3CC4CC(C3)CC2C4)cc1. The molecule has 3 nitrogen and oxygen atoms in total. The zero-order valence-corrected chi connectivity index (χ0v) is 37.1. The lowest BCUT2D eigenvalue weighted by atomic mass is 9.43. The van der Waals surface area contributed by atoms with Crippen molar-refractivity contribution in [2.75, 3.05) is 0 Å². The van der Waals surface area contributed by atoms with Crippen molar-refractivity contribution in [2.24, 2.45) is 23.7 Å². The summed E-state index contributed by atoms with van der Waals surface area (Å²) in [4.78, 5) is 0. The van der Waals surface area contributed by atoms with E-state index in [1.54, 1.807) is 11.1 Å². The summed E-state index contributed by atoms with van der Waals surface area (Å²) in [7, 11) is 0. The first-order valence-corrected chi connectivity index (χ1v) is 24.5. The summed E-state index contributed by atoms with van der Waals surface area (Å²) in [5, 5.41) is 7.33. The molecule has 4 saturated carbocycles. The number of nitrogens with zero attached hydrogens (tertiary/aromatic N) is 2. The van der Waals surface area contributed by atoms with E-state index in [1.165, 1.54) is 115 Å². The Morgan fingerprint density at radius 2 is 0.866 bits per heavy atom. The molecule has 17 rings (SSSR count). The molecule has 0 atom stereocenters. The van der Waals surface area contributed by atoms with E-state index in [2.05, 4.69) is 197 Å². The van der Waals surface area contributed by atoms with Crippen LogP contribution < -0.4 is 0 Å². The quantitative estimate of drug-likeness (QED) is 0.173. The van der Waals surface area contributed by atoms with Crippen molar-refractivity contribution in [3.8, 4) is 44.8 Å². The lowest BCUT2D eigenvalue weighted by molar-refractivity contribution is -0.0399. The lowest BCUT2D eigenvalue weighted by Crippen LogP contribution is -2.55. The van der Waals surface area contributed by atoms with E-state index in [0.717, 1.165) is 51.3 Å². The molecular weight excluding hydrogens is 813 g/mol. The van der Waals surface area contributed by atoms with E-state index < -0.39 is 0 Å². The molecule has 0 saturated heterocycles. The fourth-order valence-corrected chi connectivity index (χ4v) is 14.9. The molecule has 0 amide bonds. The van der Waals surface area contributed by atoms with Crippen molar-refractivity contribution < 1.29 is 4.42 Å². The Morgan fingerprint density at radius 1 is 0.343 bits per heavy atom. The Kier molecular flexibility index (Phi) is 7.24. The molecule has 1 spiro atoms. The van der Waals surface area contributed by atoms with Crippen LogP contribution in [0.1, 0.15) is 43.2 Å². The van der Waals surface area contributed by atoms with Gasteiger partial charge in [-0.3, -0.25) is 0 Å². The predicted molar refractivity (Wildman–Crippen MR) is 277 cm³/mol. The standard InChI is InChI=1S/C64H46N2O/c1-2-10-40(11-3-1)41-18-25-60-54(33-41)55-35-43(42-19-26-59-53(34-42)50-13-5-8-16-58(50)66(59)47-22-24-52-51-14-6-9-17-62(51)67-63(52)37-47)20-27-61(55)65(60)46-21-23-49-48-12-4-7-15-56(48)64(57(49)36-46)44-29-38-28-39(31-44)32-45(64)30-38/h1-27,33-39,44-45H,28-32H2. The molecule has 9 aromatic carbocycles. The Morgan fingerprint density at radius 3 is 1.58 bits per heavy atom. The molecule has 3 aromatic heterocycles. The topological polar surface area (TPSA) is 23.0 Å². The third-order valence-electron chi connectivity index (χ3n) is 17.3. The minimum Gasteiger partial charge on any atom is -0.456 e. The summed E-state index contributed by atoms with van der Waals surface area (Å²) in [6.07, 6.45) is 7.00. The van der Waals surface area contributed by atoms with Crippen LogP contribution in [0.15, 0.2) is 199 Å². The normalized spacial score (nSPS) is 21.5. The smallest absolute Gasteiger partial charge is 0.137 e. The van der Waals surface area contributed by atoms with Gasteiger partial charge in [-0.05, 0) is 173 Å². The van der Waals surface area contributed by atoms with E-state index in [-0.39, 0.29) is 5.41 Å². The summed E-state index contributed by atoms with van der Waals surface area (Å²) >= 11 is 0. The summed E-state index contributed by atoms with van der Waals surface area (Å²) in [5.41, 5.74) is 20.2. The van der Waals surface area contributed by atoms with Crippen LogP contribution in [-0.2, 0) is 5.41 Å². The first kappa shape index (κ1) is 36.6. The molecule has 12 aromatic rings. The van der Waals surface area contributed by atoms with Crippen LogP contribution in [0.25, 0.3) is 110 Å². The molecule has 0 unspecified atom stereocenters. The van der Waals surface area contributed by atoms with Crippen molar-refractivity contribution in [3.05, 3.63) is 205 Å². The molecule has 3 heteroatoms. The third-order valence-corrected chi connectivity index (χ3v) is 17.3. The molecule has 0 radical (unpaired) electrons. The monoisotopic (exact) mass is 858 g/mol. The molecule has 4 fully saturated rings. The second kappa shape index (κ2) is 13.3. The molecular formula is C64H46N2O. The van der Waals surface area contributed by atoms with Crippen LogP contribution in [0.3, 0.4) is 0 Å². The number of benzene rings is 9. The Bertz CT molecular complexity index is 4040. The van der Waals surface area contributed by atoms with Gasteiger partial charge in [-0.2, -0.15) is 0 Å². The summed E-state index contributed by atoms with van der Waals surface area (Å²) in [6, 6.07) is 73.1. The van der Waals surface area contributed by atoms with Crippen LogP contribution in [-0.4, -0.2) is 9.13 Å². The van der Waals surface area contributed by atoms with Gasteiger partial charge in [0.15, 0.2) is 0 Å². The Balaban J connectivity index is 0.879. The summed E-state index contributed by atoms with van der Waals surface area (Å²) in [5.74, 6) is 3.27. The van der Waals surface area contributed by atoms with Crippen LogP contribution >= 0.6 is 0 Å². The van der Waals surface area contributed by atoms with Gasteiger partial charge in [-0.15, -0.1) is 0 Å². The maximum absolute atomic E-state index is 6.38. The average molecular weight is 859 g/mol. The molecule has 3 heterocycles. The van der Waals surface area contributed by atoms with E-state index >= 15 is 0 Å². The Labute approximate surface area is 388 Å². The van der Waals surface area contributed by atoms with Crippen LogP contribution in [0.4, 0.5) is 0 Å². The highest BCUT2D eigenvalue weighted by Gasteiger charge is 2.61. The van der Waals surface area contributed by atoms with Crippen molar-refractivity contribution in [2.45, 2.75) is 37.5 Å². The summed E-state index contributed by atoms with van der Waals surface area (Å²) in [6.45, 7) is 0. The number of hydrogen-bond donors (Lipinski definition) is 0. The minimum absolute atomic E-state index is 0.115. The zero-order chi connectivity index (χ0) is 43.5. The van der Waals surface area contributed by atoms with Crippen LogP contribution in [0, 0.1) is 23.7 Å². The molecule has 5 aliphatic rings. The lowest BCUT2D eigenvalue weighted by Gasteiger charge is -2.61. The number of rotatable bonds is 4. The minimum atomic E-state index is 0.115. The highest BCUT2D eigenvalue weighted by Crippen LogP contribution is 2.69. The number of hydrogen-bond acceptors (Lipinski definition) is 1. The van der Waals surface area contributed by atoms with Gasteiger partial charge in [-0.1, -0.05) is 115 Å². The second-order valence-corrected chi connectivity index (χ2v) is 20.5. The molecule has 67 heavy (non-hydrogen) atoms. The molecule has 0 aliphatic heterocycles. The van der Waals surface area contributed by atoms with Crippen molar-refractivity contribution in [1.82, 2.24) is 9.13 Å². The Hall–Kier alpha value is -7.62. The maximum Gasteiger partial charge on any atom is 0.137 e. The fraction of sp³-hybridized carbons (Fsp3) is 0.156. The van der Waals surface area contributed by atoms with Crippen molar-refractivity contribution >= 4 is 65.6 Å². The fourth-order valence-electron chi connectivity index (χ4n) is 14.9. The average Bonchev–Trinajstić information content (AvgIpc) is 4.10. The third kappa shape index (κ3) is 4.91. The largest absolute Gasteiger partial charge is 0.456 e.